The quantitative estimate of drug-likeness (QED) is 0.722. The maximum absolute atomic E-state index is 11.6. The highest BCUT2D eigenvalue weighted by molar-refractivity contribution is 7.89. The Kier molecular flexibility index (Phi) is 5.66. The Bertz CT molecular complexity index is 279. The SMILES string of the molecule is C=CCCS(=O)(=O)N1CC[C@@H](N)C1.Cl. The largest absolute Gasteiger partial charge is 0.326 e. The molecule has 0 aromatic carbocycles. The van der Waals surface area contributed by atoms with Gasteiger partial charge in [-0.25, -0.2) is 12.7 Å². The van der Waals surface area contributed by atoms with E-state index in [4.69, 9.17) is 5.73 Å². The van der Waals surface area contributed by atoms with Gasteiger partial charge in [-0.2, -0.15) is 0 Å². The van der Waals surface area contributed by atoms with Crippen LogP contribution in [-0.2, 0) is 10.0 Å². The highest BCUT2D eigenvalue weighted by Gasteiger charge is 2.28. The van der Waals surface area contributed by atoms with Crippen molar-refractivity contribution in [3.8, 4) is 0 Å². The maximum atomic E-state index is 11.6. The first kappa shape index (κ1) is 13.9. The first-order valence-corrected chi connectivity index (χ1v) is 6.01. The zero-order valence-electron chi connectivity index (χ0n) is 8.05. The van der Waals surface area contributed by atoms with E-state index in [2.05, 4.69) is 6.58 Å². The van der Waals surface area contributed by atoms with E-state index >= 15 is 0 Å². The highest BCUT2D eigenvalue weighted by atomic mass is 35.5. The number of hydrogen-bond acceptors (Lipinski definition) is 3. The Morgan fingerprint density at radius 1 is 1.57 bits per heavy atom. The Labute approximate surface area is 91.6 Å². The van der Waals surface area contributed by atoms with Crippen molar-refractivity contribution >= 4 is 22.4 Å². The van der Waals surface area contributed by atoms with Gasteiger partial charge in [0.1, 0.15) is 0 Å². The van der Waals surface area contributed by atoms with E-state index in [0.717, 1.165) is 6.42 Å². The maximum Gasteiger partial charge on any atom is 0.214 e. The van der Waals surface area contributed by atoms with Crippen LogP contribution in [0.4, 0.5) is 0 Å². The van der Waals surface area contributed by atoms with E-state index in [1.165, 1.54) is 4.31 Å². The number of nitrogens with zero attached hydrogens (tertiary/aromatic N) is 1. The number of nitrogens with two attached hydrogens (primary N) is 1. The van der Waals surface area contributed by atoms with Gasteiger partial charge in [0.05, 0.1) is 5.75 Å². The molecule has 1 aliphatic heterocycles. The zero-order valence-corrected chi connectivity index (χ0v) is 9.69. The Morgan fingerprint density at radius 3 is 2.64 bits per heavy atom. The summed E-state index contributed by atoms with van der Waals surface area (Å²) in [5, 5.41) is 0. The fraction of sp³-hybridized carbons (Fsp3) is 0.750. The van der Waals surface area contributed by atoms with Crippen LogP contribution in [0.2, 0.25) is 0 Å². The molecule has 0 aromatic rings. The minimum atomic E-state index is -3.07. The van der Waals surface area contributed by atoms with Crippen molar-refractivity contribution in [1.82, 2.24) is 4.31 Å². The summed E-state index contributed by atoms with van der Waals surface area (Å²) >= 11 is 0. The normalized spacial score (nSPS) is 23.1. The van der Waals surface area contributed by atoms with Crippen LogP contribution in [0.3, 0.4) is 0 Å². The predicted octanol–water partition coefficient (Wildman–Crippen LogP) is 0.347. The van der Waals surface area contributed by atoms with Crippen LogP contribution in [0.15, 0.2) is 12.7 Å². The summed E-state index contributed by atoms with van der Waals surface area (Å²) in [5.41, 5.74) is 5.62. The summed E-state index contributed by atoms with van der Waals surface area (Å²) in [6.07, 6.45) is 2.90. The molecule has 0 aromatic heterocycles. The Morgan fingerprint density at radius 2 is 2.21 bits per heavy atom. The van der Waals surface area contributed by atoms with Crippen molar-refractivity contribution in [3.05, 3.63) is 12.7 Å². The average molecular weight is 241 g/mol. The molecule has 0 radical (unpaired) electrons. The zero-order chi connectivity index (χ0) is 9.90. The number of hydrogen-bond donors (Lipinski definition) is 1. The second-order valence-corrected chi connectivity index (χ2v) is 5.39. The van der Waals surface area contributed by atoms with Gasteiger partial charge in [-0.3, -0.25) is 0 Å². The summed E-state index contributed by atoms with van der Waals surface area (Å²) in [5.74, 6) is 0.156. The van der Waals surface area contributed by atoms with E-state index in [9.17, 15) is 8.42 Å². The highest BCUT2D eigenvalue weighted by Crippen LogP contribution is 2.13. The van der Waals surface area contributed by atoms with Crippen LogP contribution < -0.4 is 5.73 Å². The number of allylic oxidation sites excluding steroid dienone is 1. The molecule has 1 fully saturated rings. The Hall–Kier alpha value is -0.100. The van der Waals surface area contributed by atoms with Crippen molar-refractivity contribution in [2.24, 2.45) is 5.73 Å². The standard InChI is InChI=1S/C8H16N2O2S.ClH/c1-2-3-6-13(11,12)10-5-4-8(9)7-10;/h2,8H,1,3-7,9H2;1H/t8-;/m1./s1. The molecule has 0 saturated carbocycles. The van der Waals surface area contributed by atoms with Gasteiger partial charge in [-0.05, 0) is 12.8 Å². The molecule has 0 bridgehead atoms. The number of rotatable bonds is 4. The molecule has 0 spiro atoms. The minimum Gasteiger partial charge on any atom is -0.326 e. The lowest BCUT2D eigenvalue weighted by molar-refractivity contribution is 0.472. The fourth-order valence-corrected chi connectivity index (χ4v) is 2.89. The van der Waals surface area contributed by atoms with E-state index in [1.54, 1.807) is 6.08 Å². The van der Waals surface area contributed by atoms with Crippen LogP contribution in [0.5, 0.6) is 0 Å². The summed E-state index contributed by atoms with van der Waals surface area (Å²) in [4.78, 5) is 0. The van der Waals surface area contributed by atoms with E-state index < -0.39 is 10.0 Å². The van der Waals surface area contributed by atoms with Gasteiger partial charge >= 0.3 is 0 Å². The molecule has 1 rings (SSSR count). The first-order chi connectivity index (χ1) is 6.06. The molecule has 84 valence electrons. The van der Waals surface area contributed by atoms with Gasteiger partial charge in [-0.1, -0.05) is 6.08 Å². The molecule has 1 saturated heterocycles. The lowest BCUT2D eigenvalue weighted by atomic mass is 10.3. The number of sulfonamides is 1. The molecule has 0 aliphatic carbocycles. The first-order valence-electron chi connectivity index (χ1n) is 4.40. The van der Waals surface area contributed by atoms with Crippen LogP contribution in [-0.4, -0.2) is 37.6 Å². The molecule has 1 atom stereocenters. The summed E-state index contributed by atoms with van der Waals surface area (Å²) in [7, 11) is -3.07. The predicted molar refractivity (Wildman–Crippen MR) is 60.0 cm³/mol. The molecular weight excluding hydrogens is 224 g/mol. The average Bonchev–Trinajstić information content (AvgIpc) is 2.49. The molecular formula is C8H17ClN2O2S. The van der Waals surface area contributed by atoms with Crippen molar-refractivity contribution in [2.45, 2.75) is 18.9 Å². The molecule has 4 nitrogen and oxygen atoms in total. The van der Waals surface area contributed by atoms with E-state index in [-0.39, 0.29) is 24.2 Å². The van der Waals surface area contributed by atoms with Gasteiger partial charge in [0, 0.05) is 19.1 Å². The molecule has 2 N–H and O–H groups in total. The summed E-state index contributed by atoms with van der Waals surface area (Å²) in [6.45, 7) is 4.54. The van der Waals surface area contributed by atoms with Crippen molar-refractivity contribution < 1.29 is 8.42 Å². The Balaban J connectivity index is 0.00000169. The second kappa shape index (κ2) is 5.70. The molecule has 0 amide bonds. The van der Waals surface area contributed by atoms with Gasteiger partial charge in [-0.15, -0.1) is 19.0 Å². The van der Waals surface area contributed by atoms with Crippen LogP contribution in [0.25, 0.3) is 0 Å². The molecule has 14 heavy (non-hydrogen) atoms. The lowest BCUT2D eigenvalue weighted by Crippen LogP contribution is -2.33. The molecule has 1 aliphatic rings. The topological polar surface area (TPSA) is 63.4 Å². The van der Waals surface area contributed by atoms with E-state index in [1.807, 2.05) is 0 Å². The lowest BCUT2D eigenvalue weighted by Gasteiger charge is -2.14. The van der Waals surface area contributed by atoms with Crippen LogP contribution >= 0.6 is 12.4 Å². The van der Waals surface area contributed by atoms with Crippen LogP contribution in [0.1, 0.15) is 12.8 Å². The minimum absolute atomic E-state index is 0. The summed E-state index contributed by atoms with van der Waals surface area (Å²) in [6, 6.07) is 0.0125. The van der Waals surface area contributed by atoms with Crippen LogP contribution in [0, 0.1) is 0 Å². The van der Waals surface area contributed by atoms with Gasteiger partial charge in [0.2, 0.25) is 10.0 Å². The van der Waals surface area contributed by atoms with Gasteiger partial charge in [0.25, 0.3) is 0 Å². The van der Waals surface area contributed by atoms with Gasteiger partial charge < -0.3 is 5.73 Å². The monoisotopic (exact) mass is 240 g/mol. The fourth-order valence-electron chi connectivity index (χ4n) is 1.37. The third kappa shape index (κ3) is 3.57. The number of halogens is 1. The third-order valence-corrected chi connectivity index (χ3v) is 4.03. The molecule has 1 heterocycles. The van der Waals surface area contributed by atoms with Gasteiger partial charge in [0.15, 0.2) is 0 Å². The smallest absolute Gasteiger partial charge is 0.214 e. The van der Waals surface area contributed by atoms with E-state index in [0.29, 0.717) is 19.5 Å². The molecule has 0 unspecified atom stereocenters. The molecule has 6 heteroatoms. The van der Waals surface area contributed by atoms with Crippen molar-refractivity contribution in [3.63, 3.8) is 0 Å². The third-order valence-electron chi connectivity index (χ3n) is 2.16. The van der Waals surface area contributed by atoms with Crippen molar-refractivity contribution in [2.75, 3.05) is 18.8 Å². The van der Waals surface area contributed by atoms with Crippen molar-refractivity contribution in [1.29, 1.82) is 0 Å². The second-order valence-electron chi connectivity index (χ2n) is 3.30. The summed E-state index contributed by atoms with van der Waals surface area (Å²) < 4.78 is 24.6.